The Balaban J connectivity index is 2.01. The molecule has 96 valence electrons. The van der Waals surface area contributed by atoms with E-state index in [1.807, 2.05) is 18.7 Å². The Bertz CT molecular complexity index is 376. The summed E-state index contributed by atoms with van der Waals surface area (Å²) in [6, 6.07) is 2.09. The minimum Gasteiger partial charge on any atom is -0.389 e. The van der Waals surface area contributed by atoms with Gasteiger partial charge in [0.05, 0.1) is 11.3 Å². The number of aliphatic hydroxyl groups is 1. The van der Waals surface area contributed by atoms with Crippen molar-refractivity contribution >= 4 is 0 Å². The Morgan fingerprint density at radius 1 is 1.47 bits per heavy atom. The summed E-state index contributed by atoms with van der Waals surface area (Å²) < 4.78 is 1.90. The van der Waals surface area contributed by atoms with E-state index in [2.05, 4.69) is 18.1 Å². The van der Waals surface area contributed by atoms with Gasteiger partial charge < -0.3 is 5.11 Å². The maximum absolute atomic E-state index is 10.6. The molecule has 0 radical (unpaired) electrons. The maximum atomic E-state index is 10.6. The van der Waals surface area contributed by atoms with Crippen LogP contribution in [-0.4, -0.2) is 20.5 Å². The molecule has 1 saturated carbocycles. The summed E-state index contributed by atoms with van der Waals surface area (Å²) in [5.74, 6) is 0.823. The van der Waals surface area contributed by atoms with E-state index >= 15 is 0 Å². The molecule has 0 unspecified atom stereocenters. The lowest BCUT2D eigenvalue weighted by atomic mass is 9.76. The predicted molar refractivity (Wildman–Crippen MR) is 68.8 cm³/mol. The molecule has 0 spiro atoms. The molecule has 1 aliphatic carbocycles. The van der Waals surface area contributed by atoms with Gasteiger partial charge in [-0.1, -0.05) is 13.3 Å². The van der Waals surface area contributed by atoms with Crippen LogP contribution in [0, 0.1) is 12.8 Å². The first kappa shape index (κ1) is 12.6. The van der Waals surface area contributed by atoms with Crippen LogP contribution in [0.25, 0.3) is 0 Å². The third-order valence-corrected chi connectivity index (χ3v) is 4.22. The quantitative estimate of drug-likeness (QED) is 0.876. The second-order valence-corrected chi connectivity index (χ2v) is 5.65. The SMILES string of the molecule is CCC1CCC(O)(Cc2cc(C)nn2C)CC1. The van der Waals surface area contributed by atoms with Crippen LogP contribution < -0.4 is 0 Å². The first-order valence-electron chi connectivity index (χ1n) is 6.74. The summed E-state index contributed by atoms with van der Waals surface area (Å²) in [5.41, 5.74) is 1.69. The smallest absolute Gasteiger partial charge is 0.0703 e. The van der Waals surface area contributed by atoms with Gasteiger partial charge in [0.25, 0.3) is 0 Å². The van der Waals surface area contributed by atoms with Crippen molar-refractivity contribution in [3.05, 3.63) is 17.5 Å². The van der Waals surface area contributed by atoms with Gasteiger partial charge in [-0.3, -0.25) is 4.68 Å². The van der Waals surface area contributed by atoms with E-state index in [1.54, 1.807) is 0 Å². The van der Waals surface area contributed by atoms with Crippen molar-refractivity contribution in [1.29, 1.82) is 0 Å². The summed E-state index contributed by atoms with van der Waals surface area (Å²) in [7, 11) is 1.96. The molecule has 0 bridgehead atoms. The predicted octanol–water partition coefficient (Wildman–Crippen LogP) is 2.60. The number of hydrogen-bond acceptors (Lipinski definition) is 2. The summed E-state index contributed by atoms with van der Waals surface area (Å²) >= 11 is 0. The molecule has 3 nitrogen and oxygen atoms in total. The van der Waals surface area contributed by atoms with Crippen molar-refractivity contribution in [3.8, 4) is 0 Å². The molecule has 3 heteroatoms. The molecule has 1 N–H and O–H groups in total. The third-order valence-electron chi connectivity index (χ3n) is 4.22. The number of aryl methyl sites for hydroxylation is 2. The van der Waals surface area contributed by atoms with Crippen molar-refractivity contribution < 1.29 is 5.11 Å². The molecule has 0 aromatic carbocycles. The summed E-state index contributed by atoms with van der Waals surface area (Å²) in [6.07, 6.45) is 6.22. The Morgan fingerprint density at radius 3 is 2.59 bits per heavy atom. The second-order valence-electron chi connectivity index (χ2n) is 5.65. The highest BCUT2D eigenvalue weighted by molar-refractivity contribution is 5.12. The monoisotopic (exact) mass is 236 g/mol. The van der Waals surface area contributed by atoms with Gasteiger partial charge >= 0.3 is 0 Å². The Hall–Kier alpha value is -0.830. The van der Waals surface area contributed by atoms with Crippen LogP contribution in [0.1, 0.15) is 50.4 Å². The summed E-state index contributed by atoms with van der Waals surface area (Å²) in [6.45, 7) is 4.25. The largest absolute Gasteiger partial charge is 0.389 e. The lowest BCUT2D eigenvalue weighted by Crippen LogP contribution is -2.36. The van der Waals surface area contributed by atoms with E-state index < -0.39 is 5.60 Å². The van der Waals surface area contributed by atoms with E-state index in [0.717, 1.165) is 36.6 Å². The average Bonchev–Trinajstić information content (AvgIpc) is 2.58. The maximum Gasteiger partial charge on any atom is 0.0703 e. The zero-order valence-electron chi connectivity index (χ0n) is 11.2. The molecular weight excluding hydrogens is 212 g/mol. The normalized spacial score (nSPS) is 29.5. The van der Waals surface area contributed by atoms with Crippen molar-refractivity contribution in [2.24, 2.45) is 13.0 Å². The van der Waals surface area contributed by atoms with Gasteiger partial charge in [-0.2, -0.15) is 5.10 Å². The Labute approximate surface area is 104 Å². The molecule has 1 aliphatic rings. The minimum absolute atomic E-state index is 0.494. The number of hydrogen-bond donors (Lipinski definition) is 1. The third kappa shape index (κ3) is 2.89. The molecule has 1 fully saturated rings. The zero-order chi connectivity index (χ0) is 12.5. The van der Waals surface area contributed by atoms with Crippen LogP contribution in [-0.2, 0) is 13.5 Å². The fourth-order valence-electron chi connectivity index (χ4n) is 2.97. The molecule has 2 rings (SSSR count). The van der Waals surface area contributed by atoms with E-state index in [1.165, 1.54) is 19.3 Å². The molecule has 0 atom stereocenters. The van der Waals surface area contributed by atoms with Gasteiger partial charge in [0.1, 0.15) is 0 Å². The van der Waals surface area contributed by atoms with Crippen molar-refractivity contribution in [2.75, 3.05) is 0 Å². The summed E-state index contributed by atoms with van der Waals surface area (Å²) in [4.78, 5) is 0. The first-order valence-corrected chi connectivity index (χ1v) is 6.74. The average molecular weight is 236 g/mol. The number of nitrogens with zero attached hydrogens (tertiary/aromatic N) is 2. The Morgan fingerprint density at radius 2 is 2.12 bits per heavy atom. The fraction of sp³-hybridized carbons (Fsp3) is 0.786. The molecule has 1 aromatic rings. The van der Waals surface area contributed by atoms with E-state index in [9.17, 15) is 5.11 Å². The molecule has 1 aromatic heterocycles. The van der Waals surface area contributed by atoms with Crippen LogP contribution in [0.5, 0.6) is 0 Å². The zero-order valence-corrected chi connectivity index (χ0v) is 11.2. The molecular formula is C14H24N2O. The first-order chi connectivity index (χ1) is 8.02. The minimum atomic E-state index is -0.494. The highest BCUT2D eigenvalue weighted by atomic mass is 16.3. The lowest BCUT2D eigenvalue weighted by molar-refractivity contribution is -0.0106. The van der Waals surface area contributed by atoms with Crippen molar-refractivity contribution in [1.82, 2.24) is 9.78 Å². The van der Waals surface area contributed by atoms with Crippen LogP contribution in [0.15, 0.2) is 6.07 Å². The van der Waals surface area contributed by atoms with E-state index in [0.29, 0.717) is 0 Å². The second kappa shape index (κ2) is 4.81. The molecule has 17 heavy (non-hydrogen) atoms. The molecule has 0 amide bonds. The van der Waals surface area contributed by atoms with Gasteiger partial charge in [-0.25, -0.2) is 0 Å². The highest BCUT2D eigenvalue weighted by Crippen LogP contribution is 2.35. The van der Waals surface area contributed by atoms with Gasteiger partial charge in [-0.05, 0) is 44.6 Å². The van der Waals surface area contributed by atoms with Crippen LogP contribution >= 0.6 is 0 Å². The standard InChI is InChI=1S/C14H24N2O/c1-4-12-5-7-14(17,8-6-12)10-13-9-11(2)15-16(13)3/h9,12,17H,4-8,10H2,1-3H3. The van der Waals surface area contributed by atoms with Gasteiger partial charge in [0, 0.05) is 19.2 Å². The molecule has 0 saturated heterocycles. The van der Waals surface area contributed by atoms with Crippen molar-refractivity contribution in [2.45, 2.75) is 58.0 Å². The van der Waals surface area contributed by atoms with E-state index in [-0.39, 0.29) is 0 Å². The van der Waals surface area contributed by atoms with Gasteiger partial charge in [-0.15, -0.1) is 0 Å². The highest BCUT2D eigenvalue weighted by Gasteiger charge is 2.33. The lowest BCUT2D eigenvalue weighted by Gasteiger charge is -2.35. The van der Waals surface area contributed by atoms with Gasteiger partial charge in [0.2, 0.25) is 0 Å². The molecule has 0 aliphatic heterocycles. The topological polar surface area (TPSA) is 38.1 Å². The molecule has 1 heterocycles. The fourth-order valence-corrected chi connectivity index (χ4v) is 2.97. The van der Waals surface area contributed by atoms with E-state index in [4.69, 9.17) is 0 Å². The summed E-state index contributed by atoms with van der Waals surface area (Å²) in [5, 5.41) is 15.0. The number of aromatic nitrogens is 2. The van der Waals surface area contributed by atoms with Gasteiger partial charge in [0.15, 0.2) is 0 Å². The van der Waals surface area contributed by atoms with Crippen LogP contribution in [0.3, 0.4) is 0 Å². The van der Waals surface area contributed by atoms with Crippen molar-refractivity contribution in [3.63, 3.8) is 0 Å². The Kier molecular flexibility index (Phi) is 3.57. The van der Waals surface area contributed by atoms with Crippen LogP contribution in [0.2, 0.25) is 0 Å². The van der Waals surface area contributed by atoms with Crippen LogP contribution in [0.4, 0.5) is 0 Å². The number of rotatable bonds is 3.